The third-order valence-corrected chi connectivity index (χ3v) is 6.58. The number of nitrogens with one attached hydrogen (secondary N) is 2. The third-order valence-electron chi connectivity index (χ3n) is 6.58. The summed E-state index contributed by atoms with van der Waals surface area (Å²) in [5.41, 5.74) is 1.58. The number of hydrogen-bond donors (Lipinski definition) is 2. The highest BCUT2D eigenvalue weighted by Crippen LogP contribution is 2.34. The number of hydrogen-bond acceptors (Lipinski definition) is 7. The highest BCUT2D eigenvalue weighted by Gasteiger charge is 2.30. The lowest BCUT2D eigenvalue weighted by atomic mass is 9.94. The average molecular weight is 494 g/mol. The van der Waals surface area contributed by atoms with Gasteiger partial charge in [-0.2, -0.15) is 0 Å². The molecule has 0 radical (unpaired) electrons. The molecule has 0 atom stereocenters. The SMILES string of the molecule is CC(C)(C)OC(=O)CNCc1ccc(NC(=O)c2cc(N(CC3CC3)C3CCCCC3)ncn2)cc1. The minimum Gasteiger partial charge on any atom is -0.459 e. The van der Waals surface area contributed by atoms with Gasteiger partial charge in [0.2, 0.25) is 0 Å². The number of ether oxygens (including phenoxy) is 1. The van der Waals surface area contributed by atoms with Crippen molar-refractivity contribution in [2.45, 2.75) is 83.9 Å². The molecule has 4 rings (SSSR count). The molecule has 1 amide bonds. The number of carbonyl (C=O) groups excluding carboxylic acids is 2. The molecule has 2 fully saturated rings. The van der Waals surface area contributed by atoms with E-state index in [2.05, 4.69) is 25.5 Å². The smallest absolute Gasteiger partial charge is 0.320 e. The summed E-state index contributed by atoms with van der Waals surface area (Å²) in [6.07, 6.45) is 10.3. The Morgan fingerprint density at radius 3 is 2.42 bits per heavy atom. The van der Waals surface area contributed by atoms with Crippen molar-refractivity contribution in [3.05, 3.63) is 47.9 Å². The van der Waals surface area contributed by atoms with E-state index < -0.39 is 5.60 Å². The first-order valence-electron chi connectivity index (χ1n) is 13.2. The Balaban J connectivity index is 1.32. The average Bonchev–Trinajstić information content (AvgIpc) is 3.67. The fourth-order valence-corrected chi connectivity index (χ4v) is 4.62. The van der Waals surface area contributed by atoms with E-state index in [1.807, 2.05) is 51.1 Å². The van der Waals surface area contributed by atoms with Crippen LogP contribution < -0.4 is 15.5 Å². The van der Waals surface area contributed by atoms with E-state index in [4.69, 9.17) is 4.74 Å². The molecular formula is C28H39N5O3. The second kappa shape index (κ2) is 11.8. The maximum Gasteiger partial charge on any atom is 0.320 e. The summed E-state index contributed by atoms with van der Waals surface area (Å²) >= 11 is 0. The molecule has 2 aliphatic carbocycles. The lowest BCUT2D eigenvalue weighted by molar-refractivity contribution is -0.153. The summed E-state index contributed by atoms with van der Waals surface area (Å²) in [6, 6.07) is 9.88. The van der Waals surface area contributed by atoms with Crippen LogP contribution in [0.5, 0.6) is 0 Å². The standard InChI is InChI=1S/C28H39N5O3/c1-28(2,3)36-26(34)17-29-16-20-11-13-22(14-12-20)32-27(35)24-15-25(31-19-30-24)33(18-21-9-10-21)23-7-5-4-6-8-23/h11-15,19,21,23,29H,4-10,16-18H2,1-3H3,(H,32,35). The van der Waals surface area contributed by atoms with Crippen LogP contribution >= 0.6 is 0 Å². The van der Waals surface area contributed by atoms with Crippen LogP contribution in [0.3, 0.4) is 0 Å². The Hall–Kier alpha value is -3.00. The molecule has 2 N–H and O–H groups in total. The highest BCUT2D eigenvalue weighted by molar-refractivity contribution is 6.03. The molecular weight excluding hydrogens is 454 g/mol. The predicted molar refractivity (Wildman–Crippen MR) is 141 cm³/mol. The summed E-state index contributed by atoms with van der Waals surface area (Å²) in [4.78, 5) is 36.0. The number of esters is 1. The maximum absolute atomic E-state index is 13.0. The molecule has 2 aliphatic rings. The van der Waals surface area contributed by atoms with Crippen LogP contribution in [0.4, 0.5) is 11.5 Å². The van der Waals surface area contributed by atoms with Crippen molar-refractivity contribution in [2.75, 3.05) is 23.3 Å². The fraction of sp³-hybridized carbons (Fsp3) is 0.571. The number of anilines is 2. The zero-order valence-electron chi connectivity index (χ0n) is 21.8. The Kier molecular flexibility index (Phi) is 8.56. The van der Waals surface area contributed by atoms with E-state index in [-0.39, 0.29) is 18.4 Å². The van der Waals surface area contributed by atoms with Gasteiger partial charge >= 0.3 is 5.97 Å². The second-order valence-electron chi connectivity index (χ2n) is 11.0. The second-order valence-corrected chi connectivity index (χ2v) is 11.0. The number of rotatable bonds is 10. The van der Waals surface area contributed by atoms with E-state index in [9.17, 15) is 9.59 Å². The molecule has 0 aliphatic heterocycles. The molecule has 8 heteroatoms. The van der Waals surface area contributed by atoms with E-state index in [0.29, 0.717) is 24.0 Å². The molecule has 1 aromatic carbocycles. The largest absolute Gasteiger partial charge is 0.459 e. The zero-order valence-corrected chi connectivity index (χ0v) is 21.8. The predicted octanol–water partition coefficient (Wildman–Crippen LogP) is 4.71. The van der Waals surface area contributed by atoms with Gasteiger partial charge in [-0.05, 0) is 70.1 Å². The quantitative estimate of drug-likeness (QED) is 0.463. The van der Waals surface area contributed by atoms with Gasteiger partial charge in [-0.3, -0.25) is 9.59 Å². The van der Waals surface area contributed by atoms with Gasteiger partial charge in [0.05, 0.1) is 6.54 Å². The minimum atomic E-state index is -0.492. The lowest BCUT2D eigenvalue weighted by Crippen LogP contribution is -2.39. The van der Waals surface area contributed by atoms with E-state index in [1.54, 1.807) is 0 Å². The first kappa shape index (κ1) is 26.1. The van der Waals surface area contributed by atoms with Crippen molar-refractivity contribution in [3.63, 3.8) is 0 Å². The van der Waals surface area contributed by atoms with Gasteiger partial charge in [0.25, 0.3) is 5.91 Å². The van der Waals surface area contributed by atoms with Crippen molar-refractivity contribution in [3.8, 4) is 0 Å². The summed E-state index contributed by atoms with van der Waals surface area (Å²) in [7, 11) is 0. The molecule has 8 nitrogen and oxygen atoms in total. The van der Waals surface area contributed by atoms with Crippen LogP contribution in [-0.4, -0.2) is 46.6 Å². The monoisotopic (exact) mass is 493 g/mol. The Labute approximate surface area is 214 Å². The summed E-state index contributed by atoms with van der Waals surface area (Å²) in [5, 5.41) is 6.03. The molecule has 2 aromatic rings. The number of aromatic nitrogens is 2. The Morgan fingerprint density at radius 1 is 1.03 bits per heavy atom. The first-order chi connectivity index (χ1) is 17.3. The van der Waals surface area contributed by atoms with Crippen molar-refractivity contribution in [2.24, 2.45) is 5.92 Å². The van der Waals surface area contributed by atoms with Gasteiger partial charge in [0.15, 0.2) is 0 Å². The Morgan fingerprint density at radius 2 is 1.75 bits per heavy atom. The molecule has 2 saturated carbocycles. The van der Waals surface area contributed by atoms with Crippen LogP contribution in [0, 0.1) is 5.92 Å². The zero-order chi connectivity index (χ0) is 25.5. The van der Waals surface area contributed by atoms with Crippen molar-refractivity contribution < 1.29 is 14.3 Å². The normalized spacial score (nSPS) is 16.4. The summed E-state index contributed by atoms with van der Waals surface area (Å²) in [5.74, 6) is 1.08. The number of nitrogens with zero attached hydrogens (tertiary/aromatic N) is 3. The third kappa shape index (κ3) is 8.01. The fourth-order valence-electron chi connectivity index (χ4n) is 4.62. The number of benzene rings is 1. The molecule has 1 heterocycles. The number of amides is 1. The molecule has 0 spiro atoms. The maximum atomic E-state index is 13.0. The van der Waals surface area contributed by atoms with Crippen LogP contribution in [0.1, 0.15) is 81.8 Å². The van der Waals surface area contributed by atoms with Crippen molar-refractivity contribution in [1.82, 2.24) is 15.3 Å². The van der Waals surface area contributed by atoms with Crippen LogP contribution in [0.25, 0.3) is 0 Å². The van der Waals surface area contributed by atoms with E-state index in [1.165, 1.54) is 51.3 Å². The van der Waals surface area contributed by atoms with Gasteiger partial charge in [-0.15, -0.1) is 0 Å². The van der Waals surface area contributed by atoms with Crippen LogP contribution in [-0.2, 0) is 16.1 Å². The summed E-state index contributed by atoms with van der Waals surface area (Å²) < 4.78 is 5.30. The van der Waals surface area contributed by atoms with Gasteiger partial charge in [-0.25, -0.2) is 9.97 Å². The molecule has 194 valence electrons. The molecule has 36 heavy (non-hydrogen) atoms. The molecule has 0 unspecified atom stereocenters. The van der Waals surface area contributed by atoms with Gasteiger partial charge in [-0.1, -0.05) is 31.4 Å². The van der Waals surface area contributed by atoms with Crippen molar-refractivity contribution in [1.29, 1.82) is 0 Å². The summed E-state index contributed by atoms with van der Waals surface area (Å²) in [6.45, 7) is 7.24. The van der Waals surface area contributed by atoms with Gasteiger partial charge < -0.3 is 20.3 Å². The molecule has 1 aromatic heterocycles. The van der Waals surface area contributed by atoms with Crippen LogP contribution in [0.15, 0.2) is 36.7 Å². The van der Waals surface area contributed by atoms with Gasteiger partial charge in [0.1, 0.15) is 23.4 Å². The number of carbonyl (C=O) groups is 2. The van der Waals surface area contributed by atoms with Crippen LogP contribution in [0.2, 0.25) is 0 Å². The Bertz CT molecular complexity index is 1020. The highest BCUT2D eigenvalue weighted by atomic mass is 16.6. The van der Waals surface area contributed by atoms with E-state index >= 15 is 0 Å². The van der Waals surface area contributed by atoms with Crippen molar-refractivity contribution >= 4 is 23.4 Å². The topological polar surface area (TPSA) is 96.5 Å². The van der Waals surface area contributed by atoms with Gasteiger partial charge in [0, 0.05) is 30.9 Å². The molecule has 0 saturated heterocycles. The lowest BCUT2D eigenvalue weighted by Gasteiger charge is -2.35. The first-order valence-corrected chi connectivity index (χ1v) is 13.2. The molecule has 0 bridgehead atoms. The van der Waals surface area contributed by atoms with E-state index in [0.717, 1.165) is 23.8 Å². The minimum absolute atomic E-state index is 0.143.